The summed E-state index contributed by atoms with van der Waals surface area (Å²) in [6.45, 7) is 0. The normalized spacial score (nSPS) is 28.5. The summed E-state index contributed by atoms with van der Waals surface area (Å²) in [5.74, 6) is 2.51. The van der Waals surface area contributed by atoms with Crippen LogP contribution in [0.2, 0.25) is 0 Å². The minimum atomic E-state index is 0. The van der Waals surface area contributed by atoms with Crippen molar-refractivity contribution >= 4 is 10.9 Å². The average Bonchev–Trinajstić information content (AvgIpc) is 2.40. The molecule has 3 heteroatoms. The molecule has 2 aromatic rings. The van der Waals surface area contributed by atoms with Crippen LogP contribution < -0.4 is 29.0 Å². The number of rotatable bonds is 1. The van der Waals surface area contributed by atoms with Gasteiger partial charge in [-0.1, -0.05) is 18.6 Å². The molecular formula is C16H17LiNO+. The van der Waals surface area contributed by atoms with Crippen LogP contribution in [0, 0.1) is 11.8 Å². The molecule has 0 amide bonds. The number of benzene rings is 1. The van der Waals surface area contributed by atoms with Gasteiger partial charge in [-0.05, 0) is 49.0 Å². The smallest absolute Gasteiger partial charge is 0.868 e. The Balaban J connectivity index is 0.00000110. The first-order valence-corrected chi connectivity index (χ1v) is 6.95. The summed E-state index contributed by atoms with van der Waals surface area (Å²) in [6, 6.07) is 9.76. The summed E-state index contributed by atoms with van der Waals surface area (Å²) in [7, 11) is 0. The molecule has 4 rings (SSSR count). The molecule has 2 fully saturated rings. The van der Waals surface area contributed by atoms with Gasteiger partial charge in [0, 0.05) is 17.4 Å². The van der Waals surface area contributed by atoms with Gasteiger partial charge in [0.05, 0.1) is 0 Å². The third kappa shape index (κ3) is 1.98. The van der Waals surface area contributed by atoms with Crippen LogP contribution in [-0.2, 0) is 0 Å². The van der Waals surface area contributed by atoms with Gasteiger partial charge in [0.2, 0.25) is 5.52 Å². The van der Waals surface area contributed by atoms with Gasteiger partial charge in [0.25, 0.3) is 0 Å². The Morgan fingerprint density at radius 3 is 2.58 bits per heavy atom. The zero-order valence-corrected chi connectivity index (χ0v) is 11.4. The van der Waals surface area contributed by atoms with Crippen molar-refractivity contribution < 1.29 is 29.0 Å². The van der Waals surface area contributed by atoms with Gasteiger partial charge in [-0.2, -0.15) is 0 Å². The first-order chi connectivity index (χ1) is 8.83. The Bertz CT molecular complexity index is 599. The Morgan fingerprint density at radius 2 is 1.84 bits per heavy atom. The molecule has 0 spiro atoms. The van der Waals surface area contributed by atoms with Crippen molar-refractivity contribution in [3.05, 3.63) is 36.0 Å². The predicted molar refractivity (Wildman–Crippen MR) is 68.1 cm³/mol. The second-order valence-corrected chi connectivity index (χ2v) is 5.85. The molecule has 1 aromatic heterocycles. The Kier molecular flexibility index (Phi) is 3.33. The quantitative estimate of drug-likeness (QED) is 0.633. The van der Waals surface area contributed by atoms with Gasteiger partial charge >= 0.3 is 18.9 Å². The van der Waals surface area contributed by atoms with Gasteiger partial charge in [0.1, 0.15) is 0 Å². The summed E-state index contributed by atoms with van der Waals surface area (Å²) >= 11 is 0. The second-order valence-electron chi connectivity index (χ2n) is 5.85. The van der Waals surface area contributed by atoms with E-state index < -0.39 is 0 Å². The minimum Gasteiger partial charge on any atom is -0.868 e. The number of aromatic amines is 1. The van der Waals surface area contributed by atoms with E-state index in [1.807, 2.05) is 12.1 Å². The summed E-state index contributed by atoms with van der Waals surface area (Å²) in [5.41, 5.74) is 2.06. The molecule has 2 aliphatic rings. The summed E-state index contributed by atoms with van der Waals surface area (Å²) in [5, 5.41) is 12.9. The number of aromatic nitrogens is 1. The summed E-state index contributed by atoms with van der Waals surface area (Å²) in [4.78, 5) is 3.41. The van der Waals surface area contributed by atoms with Gasteiger partial charge in [-0.3, -0.25) is 0 Å². The maximum absolute atomic E-state index is 11.9. The first kappa shape index (κ1) is 13.0. The van der Waals surface area contributed by atoms with Crippen LogP contribution in [0.3, 0.4) is 0 Å². The standard InChI is InChI=1S/C16H17NO.Li/c18-14-6-2-3-10-7-8-13(17-16(10)14)15-11-4-1-5-12(15)9-11;/h2-3,6-8,11-12,15,18H,1,4-5,9H2;/q;+1. The van der Waals surface area contributed by atoms with Gasteiger partial charge in [-0.25, -0.2) is 4.98 Å². The van der Waals surface area contributed by atoms with E-state index in [1.165, 1.54) is 31.4 Å². The van der Waals surface area contributed by atoms with Crippen LogP contribution >= 0.6 is 0 Å². The van der Waals surface area contributed by atoms with Crippen molar-refractivity contribution in [3.63, 3.8) is 0 Å². The molecule has 1 N–H and O–H groups in total. The third-order valence-electron chi connectivity index (χ3n) is 4.90. The van der Waals surface area contributed by atoms with Crippen LogP contribution in [0.1, 0.15) is 37.3 Å². The fraction of sp³-hybridized carbons (Fsp3) is 0.438. The zero-order chi connectivity index (χ0) is 12.1. The SMILES string of the molecule is [Li+].[O-]c1cccc2ccc(C3C4CCCC3C4)[nH+]c12. The Labute approximate surface area is 125 Å². The van der Waals surface area contributed by atoms with Crippen LogP contribution in [-0.4, -0.2) is 0 Å². The zero-order valence-electron chi connectivity index (χ0n) is 11.4. The number of fused-ring (bicyclic) bond motifs is 3. The van der Waals surface area contributed by atoms with E-state index >= 15 is 0 Å². The molecule has 2 nitrogen and oxygen atoms in total. The number of hydrogen-bond acceptors (Lipinski definition) is 1. The van der Waals surface area contributed by atoms with Gasteiger partial charge in [0.15, 0.2) is 5.69 Å². The molecule has 2 aliphatic carbocycles. The molecule has 2 unspecified atom stereocenters. The van der Waals surface area contributed by atoms with Crippen molar-refractivity contribution in [2.45, 2.75) is 31.6 Å². The van der Waals surface area contributed by atoms with E-state index in [0.717, 1.165) is 22.7 Å². The Morgan fingerprint density at radius 1 is 1.05 bits per heavy atom. The molecule has 1 aromatic carbocycles. The van der Waals surface area contributed by atoms with Crippen LogP contribution in [0.15, 0.2) is 30.3 Å². The summed E-state index contributed by atoms with van der Waals surface area (Å²) < 4.78 is 0. The van der Waals surface area contributed by atoms with E-state index in [4.69, 9.17) is 0 Å². The van der Waals surface area contributed by atoms with Crippen LogP contribution in [0.4, 0.5) is 0 Å². The molecule has 0 radical (unpaired) electrons. The van der Waals surface area contributed by atoms with Gasteiger partial charge < -0.3 is 5.11 Å². The monoisotopic (exact) mass is 246 g/mol. The minimum absolute atomic E-state index is 0. The van der Waals surface area contributed by atoms with Crippen LogP contribution in [0.25, 0.3) is 10.9 Å². The number of H-pyrrole nitrogens is 1. The van der Waals surface area contributed by atoms with Crippen molar-refractivity contribution in [2.24, 2.45) is 11.8 Å². The first-order valence-electron chi connectivity index (χ1n) is 6.95. The number of nitrogens with one attached hydrogen (secondary N) is 1. The molecule has 2 saturated carbocycles. The summed E-state index contributed by atoms with van der Waals surface area (Å²) in [6.07, 6.45) is 5.53. The molecule has 92 valence electrons. The van der Waals surface area contributed by atoms with Crippen molar-refractivity contribution in [1.29, 1.82) is 0 Å². The molecule has 0 aliphatic heterocycles. The molecule has 2 atom stereocenters. The molecule has 1 heterocycles. The van der Waals surface area contributed by atoms with Crippen molar-refractivity contribution in [2.75, 3.05) is 0 Å². The van der Waals surface area contributed by atoms with E-state index in [0.29, 0.717) is 5.92 Å². The van der Waals surface area contributed by atoms with E-state index in [1.54, 1.807) is 6.07 Å². The number of pyridine rings is 1. The largest absolute Gasteiger partial charge is 1.00 e. The maximum atomic E-state index is 11.9. The number of hydrogen-bond donors (Lipinski definition) is 0. The maximum Gasteiger partial charge on any atom is 1.00 e. The molecule has 2 bridgehead atoms. The molecule has 0 saturated heterocycles. The molecule has 19 heavy (non-hydrogen) atoms. The number of para-hydroxylation sites is 1. The second kappa shape index (κ2) is 4.85. The van der Waals surface area contributed by atoms with E-state index in [9.17, 15) is 5.11 Å². The van der Waals surface area contributed by atoms with E-state index in [-0.39, 0.29) is 24.6 Å². The van der Waals surface area contributed by atoms with Crippen LogP contribution in [0.5, 0.6) is 5.75 Å². The Hall–Kier alpha value is -0.973. The van der Waals surface area contributed by atoms with Gasteiger partial charge in [-0.15, -0.1) is 0 Å². The van der Waals surface area contributed by atoms with E-state index in [2.05, 4.69) is 17.1 Å². The fourth-order valence-corrected chi connectivity index (χ4v) is 4.00. The third-order valence-corrected chi connectivity index (χ3v) is 4.90. The topological polar surface area (TPSA) is 37.2 Å². The van der Waals surface area contributed by atoms with Crippen molar-refractivity contribution in [3.8, 4) is 5.75 Å². The van der Waals surface area contributed by atoms with Crippen molar-refractivity contribution in [1.82, 2.24) is 0 Å². The molecular weight excluding hydrogens is 229 g/mol. The average molecular weight is 246 g/mol. The fourth-order valence-electron chi connectivity index (χ4n) is 4.00. The predicted octanol–water partition coefficient (Wildman–Crippen LogP) is -0.365.